The molecule has 2 aromatic rings. The van der Waals surface area contributed by atoms with E-state index in [4.69, 9.17) is 4.42 Å². The van der Waals surface area contributed by atoms with E-state index in [0.29, 0.717) is 12.2 Å². The van der Waals surface area contributed by atoms with E-state index in [2.05, 4.69) is 48.0 Å². The number of benzene rings is 1. The van der Waals surface area contributed by atoms with Crippen LogP contribution in [0.25, 0.3) is 0 Å². The Morgan fingerprint density at radius 1 is 1.24 bits per heavy atom. The molecule has 0 aliphatic rings. The van der Waals surface area contributed by atoms with Crippen LogP contribution in [0.3, 0.4) is 0 Å². The molecule has 2 rings (SSSR count). The van der Waals surface area contributed by atoms with Crippen molar-refractivity contribution in [2.75, 3.05) is 0 Å². The van der Waals surface area contributed by atoms with Crippen molar-refractivity contribution in [2.24, 2.45) is 0 Å². The van der Waals surface area contributed by atoms with Crippen LogP contribution in [0, 0.1) is 13.8 Å². The Morgan fingerprint density at radius 3 is 2.41 bits per heavy atom. The van der Waals surface area contributed by atoms with Gasteiger partial charge in [-0.05, 0) is 41.4 Å². The zero-order valence-corrected chi connectivity index (χ0v) is 11.5. The van der Waals surface area contributed by atoms with Gasteiger partial charge in [-0.25, -0.2) is 0 Å². The fourth-order valence-corrected chi connectivity index (χ4v) is 2.51. The van der Waals surface area contributed by atoms with Crippen LogP contribution in [-0.2, 0) is 6.42 Å². The summed E-state index contributed by atoms with van der Waals surface area (Å²) in [6, 6.07) is 8.10. The van der Waals surface area contributed by atoms with Crippen LogP contribution in [0.5, 0.6) is 0 Å². The maximum atomic E-state index is 10.1. The van der Waals surface area contributed by atoms with E-state index < -0.39 is 6.10 Å². The van der Waals surface area contributed by atoms with Gasteiger partial charge in [-0.1, -0.05) is 29.3 Å². The zero-order valence-electron chi connectivity index (χ0n) is 9.90. The van der Waals surface area contributed by atoms with Crippen LogP contribution in [-0.4, -0.2) is 5.11 Å². The van der Waals surface area contributed by atoms with Crippen molar-refractivity contribution in [2.45, 2.75) is 26.4 Å². The number of hydrogen-bond acceptors (Lipinski definition) is 2. The lowest BCUT2D eigenvalue weighted by molar-refractivity contribution is 0.149. The van der Waals surface area contributed by atoms with Gasteiger partial charge in [0.25, 0.3) is 0 Å². The Morgan fingerprint density at radius 2 is 1.88 bits per heavy atom. The molecule has 1 unspecified atom stereocenters. The van der Waals surface area contributed by atoms with E-state index >= 15 is 0 Å². The summed E-state index contributed by atoms with van der Waals surface area (Å²) >= 11 is 3.36. The molecule has 0 saturated carbocycles. The Labute approximate surface area is 109 Å². The van der Waals surface area contributed by atoms with Crippen molar-refractivity contribution in [1.29, 1.82) is 0 Å². The summed E-state index contributed by atoms with van der Waals surface area (Å²) in [4.78, 5) is 0. The molecule has 0 aliphatic carbocycles. The van der Waals surface area contributed by atoms with Crippen molar-refractivity contribution >= 4 is 15.9 Å². The van der Waals surface area contributed by atoms with Gasteiger partial charge in [0.05, 0.1) is 10.7 Å². The molecular formula is C14H15BrO2. The predicted molar refractivity (Wildman–Crippen MR) is 71.0 cm³/mol. The summed E-state index contributed by atoms with van der Waals surface area (Å²) in [6.45, 7) is 4.12. The lowest BCUT2D eigenvalue weighted by atomic mass is 10.0. The number of aryl methyl sites for hydroxylation is 2. The van der Waals surface area contributed by atoms with Gasteiger partial charge >= 0.3 is 0 Å². The Kier molecular flexibility index (Phi) is 3.69. The number of aliphatic hydroxyl groups is 1. The van der Waals surface area contributed by atoms with Crippen molar-refractivity contribution < 1.29 is 9.52 Å². The van der Waals surface area contributed by atoms with Gasteiger partial charge < -0.3 is 9.52 Å². The fraction of sp³-hybridized carbons (Fsp3) is 0.286. The molecule has 90 valence electrons. The first-order chi connectivity index (χ1) is 8.06. The highest BCUT2D eigenvalue weighted by molar-refractivity contribution is 9.10. The highest BCUT2D eigenvalue weighted by Gasteiger charge is 2.15. The van der Waals surface area contributed by atoms with Gasteiger partial charge in [0.1, 0.15) is 11.9 Å². The van der Waals surface area contributed by atoms with Crippen molar-refractivity contribution in [1.82, 2.24) is 0 Å². The van der Waals surface area contributed by atoms with Gasteiger partial charge in [-0.15, -0.1) is 0 Å². The van der Waals surface area contributed by atoms with Gasteiger partial charge in [0.15, 0.2) is 0 Å². The van der Waals surface area contributed by atoms with E-state index in [-0.39, 0.29) is 0 Å². The summed E-state index contributed by atoms with van der Waals surface area (Å²) in [5, 5.41) is 10.1. The molecular weight excluding hydrogens is 280 g/mol. The summed E-state index contributed by atoms with van der Waals surface area (Å²) in [7, 11) is 0. The van der Waals surface area contributed by atoms with Crippen molar-refractivity contribution in [3.05, 3.63) is 57.5 Å². The molecule has 1 N–H and O–H groups in total. The maximum Gasteiger partial charge on any atom is 0.146 e. The molecule has 3 heteroatoms. The summed E-state index contributed by atoms with van der Waals surface area (Å²) in [5.41, 5.74) is 3.55. The second-order valence-electron chi connectivity index (χ2n) is 4.35. The summed E-state index contributed by atoms with van der Waals surface area (Å²) < 4.78 is 6.08. The number of halogens is 1. The van der Waals surface area contributed by atoms with Gasteiger partial charge in [-0.2, -0.15) is 0 Å². The maximum absolute atomic E-state index is 10.1. The highest BCUT2D eigenvalue weighted by Crippen LogP contribution is 2.27. The van der Waals surface area contributed by atoms with E-state index in [1.165, 1.54) is 11.1 Å². The monoisotopic (exact) mass is 294 g/mol. The van der Waals surface area contributed by atoms with Crippen LogP contribution >= 0.6 is 15.9 Å². The number of rotatable bonds is 3. The molecule has 0 radical (unpaired) electrons. The average molecular weight is 295 g/mol. The van der Waals surface area contributed by atoms with Crippen molar-refractivity contribution in [3.8, 4) is 0 Å². The van der Waals surface area contributed by atoms with E-state index in [9.17, 15) is 5.11 Å². The lowest BCUT2D eigenvalue weighted by Gasteiger charge is -2.10. The smallest absolute Gasteiger partial charge is 0.146 e. The quantitative estimate of drug-likeness (QED) is 0.930. The predicted octanol–water partition coefficient (Wildman–Crippen LogP) is 3.94. The SMILES string of the molecule is Cc1cc(C)cc(CC(O)c2occc2Br)c1. The Balaban J connectivity index is 2.18. The van der Waals surface area contributed by atoms with E-state index in [1.54, 1.807) is 12.3 Å². The minimum atomic E-state index is -0.611. The second kappa shape index (κ2) is 5.07. The van der Waals surface area contributed by atoms with Gasteiger partial charge in [0, 0.05) is 6.42 Å². The number of hydrogen-bond donors (Lipinski definition) is 1. The third kappa shape index (κ3) is 2.99. The first-order valence-corrected chi connectivity index (χ1v) is 6.33. The fourth-order valence-electron chi connectivity index (χ4n) is 2.05. The highest BCUT2D eigenvalue weighted by atomic mass is 79.9. The topological polar surface area (TPSA) is 33.4 Å². The van der Waals surface area contributed by atoms with E-state index in [1.807, 2.05) is 0 Å². The Hall–Kier alpha value is -1.06. The molecule has 0 spiro atoms. The number of aliphatic hydroxyl groups excluding tert-OH is 1. The molecule has 0 aliphatic heterocycles. The van der Waals surface area contributed by atoms with E-state index in [0.717, 1.165) is 10.0 Å². The first kappa shape index (κ1) is 12.4. The average Bonchev–Trinajstić information content (AvgIpc) is 2.62. The second-order valence-corrected chi connectivity index (χ2v) is 5.20. The molecule has 1 heterocycles. The third-order valence-corrected chi connectivity index (χ3v) is 3.31. The van der Waals surface area contributed by atoms with Crippen LogP contribution in [0.15, 0.2) is 39.4 Å². The molecule has 2 nitrogen and oxygen atoms in total. The van der Waals surface area contributed by atoms with Crippen LogP contribution in [0.1, 0.15) is 28.6 Å². The standard InChI is InChI=1S/C14H15BrO2/c1-9-5-10(2)7-11(6-9)8-13(16)14-12(15)3-4-17-14/h3-7,13,16H,8H2,1-2H3. The zero-order chi connectivity index (χ0) is 12.4. The van der Waals surface area contributed by atoms with Gasteiger partial charge in [-0.3, -0.25) is 0 Å². The molecule has 1 aromatic heterocycles. The molecule has 17 heavy (non-hydrogen) atoms. The number of furan rings is 1. The third-order valence-electron chi connectivity index (χ3n) is 2.66. The molecule has 0 saturated heterocycles. The van der Waals surface area contributed by atoms with Crippen LogP contribution in [0.2, 0.25) is 0 Å². The molecule has 0 amide bonds. The molecule has 0 bridgehead atoms. The normalized spacial score (nSPS) is 12.7. The van der Waals surface area contributed by atoms with Gasteiger partial charge in [0.2, 0.25) is 0 Å². The first-order valence-electron chi connectivity index (χ1n) is 5.54. The lowest BCUT2D eigenvalue weighted by Crippen LogP contribution is -2.01. The minimum absolute atomic E-state index is 0.564. The molecule has 0 fully saturated rings. The summed E-state index contributed by atoms with van der Waals surface area (Å²) in [6.07, 6.45) is 1.53. The summed E-state index contributed by atoms with van der Waals surface area (Å²) in [5.74, 6) is 0.587. The minimum Gasteiger partial charge on any atom is -0.465 e. The van der Waals surface area contributed by atoms with Crippen LogP contribution in [0.4, 0.5) is 0 Å². The largest absolute Gasteiger partial charge is 0.465 e. The molecule has 1 aromatic carbocycles. The Bertz CT molecular complexity index is 496. The van der Waals surface area contributed by atoms with Crippen LogP contribution < -0.4 is 0 Å². The van der Waals surface area contributed by atoms with Crippen molar-refractivity contribution in [3.63, 3.8) is 0 Å². The molecule has 1 atom stereocenters.